The lowest BCUT2D eigenvalue weighted by molar-refractivity contribution is -0.384. The molecule has 29 heavy (non-hydrogen) atoms. The molecule has 1 heterocycles. The highest BCUT2D eigenvalue weighted by atomic mass is 32.2. The summed E-state index contributed by atoms with van der Waals surface area (Å²) in [5.74, 6) is 1.31. The summed E-state index contributed by atoms with van der Waals surface area (Å²) in [6, 6.07) is 16.0. The summed E-state index contributed by atoms with van der Waals surface area (Å²) in [4.78, 5) is 26.9. The second kappa shape index (κ2) is 10.3. The van der Waals surface area contributed by atoms with Crippen molar-refractivity contribution < 1.29 is 14.1 Å². The Morgan fingerprint density at radius 1 is 1.10 bits per heavy atom. The third-order valence-corrected chi connectivity index (χ3v) is 4.89. The number of nitrogens with zero attached hydrogens (tertiary/aromatic N) is 2. The molecular formula is C20H20N4O4S. The van der Waals surface area contributed by atoms with Crippen LogP contribution in [0.4, 0.5) is 11.4 Å². The Bertz CT molecular complexity index is 962. The van der Waals surface area contributed by atoms with Crippen LogP contribution in [0.25, 0.3) is 11.5 Å². The van der Waals surface area contributed by atoms with Gasteiger partial charge in [0.15, 0.2) is 0 Å². The van der Waals surface area contributed by atoms with Crippen molar-refractivity contribution >= 4 is 29.0 Å². The van der Waals surface area contributed by atoms with Crippen LogP contribution in [0, 0.1) is 10.1 Å². The number of amides is 1. The molecule has 0 aliphatic rings. The summed E-state index contributed by atoms with van der Waals surface area (Å²) in [5.41, 5.74) is 2.13. The van der Waals surface area contributed by atoms with E-state index in [4.69, 9.17) is 4.42 Å². The molecule has 0 aliphatic carbocycles. The molecule has 0 saturated carbocycles. The van der Waals surface area contributed by atoms with Crippen molar-refractivity contribution in [3.05, 3.63) is 76.7 Å². The van der Waals surface area contributed by atoms with Gasteiger partial charge in [0.05, 0.1) is 16.4 Å². The van der Waals surface area contributed by atoms with E-state index in [-0.39, 0.29) is 11.6 Å². The molecule has 9 heteroatoms. The summed E-state index contributed by atoms with van der Waals surface area (Å²) in [5, 5.41) is 16.7. The molecule has 1 amide bonds. The second-order valence-electron chi connectivity index (χ2n) is 6.05. The van der Waals surface area contributed by atoms with E-state index in [0.29, 0.717) is 36.2 Å². The van der Waals surface area contributed by atoms with Gasteiger partial charge in [-0.1, -0.05) is 30.3 Å². The minimum atomic E-state index is -0.440. The van der Waals surface area contributed by atoms with Crippen molar-refractivity contribution in [1.82, 2.24) is 10.3 Å². The molecule has 2 aromatic carbocycles. The van der Waals surface area contributed by atoms with Crippen LogP contribution in [0.15, 0.2) is 65.3 Å². The molecule has 0 radical (unpaired) electrons. The zero-order valence-electron chi connectivity index (χ0n) is 15.5. The average Bonchev–Trinajstić information content (AvgIpc) is 3.21. The van der Waals surface area contributed by atoms with Gasteiger partial charge in [0, 0.05) is 30.5 Å². The lowest BCUT2D eigenvalue weighted by Gasteiger charge is -2.08. The van der Waals surface area contributed by atoms with E-state index in [1.165, 1.54) is 17.8 Å². The van der Waals surface area contributed by atoms with E-state index in [0.717, 1.165) is 11.3 Å². The van der Waals surface area contributed by atoms with Gasteiger partial charge in [0.1, 0.15) is 12.0 Å². The quantitative estimate of drug-likeness (QED) is 0.297. The van der Waals surface area contributed by atoms with E-state index in [9.17, 15) is 14.9 Å². The Kier molecular flexibility index (Phi) is 7.23. The third-order valence-electron chi connectivity index (χ3n) is 3.92. The zero-order chi connectivity index (χ0) is 20.5. The lowest BCUT2D eigenvalue weighted by Crippen LogP contribution is -2.30. The molecule has 3 aromatic rings. The Balaban J connectivity index is 1.35. The van der Waals surface area contributed by atoms with Gasteiger partial charge in [0.25, 0.3) is 5.69 Å². The van der Waals surface area contributed by atoms with Gasteiger partial charge in [-0.05, 0) is 18.2 Å². The Hall–Kier alpha value is -3.33. The maximum absolute atomic E-state index is 11.9. The molecule has 2 N–H and O–H groups in total. The number of rotatable bonds is 10. The number of nitro benzene ring substituents is 1. The summed E-state index contributed by atoms with van der Waals surface area (Å²) in [7, 11) is 0. The summed E-state index contributed by atoms with van der Waals surface area (Å²) in [6.07, 6.45) is 1.60. The number of hydrogen-bond donors (Lipinski definition) is 2. The van der Waals surface area contributed by atoms with Crippen LogP contribution in [0.3, 0.4) is 0 Å². The molecule has 0 spiro atoms. The van der Waals surface area contributed by atoms with E-state index >= 15 is 0 Å². The van der Waals surface area contributed by atoms with Crippen molar-refractivity contribution in [2.45, 2.75) is 5.75 Å². The maximum atomic E-state index is 11.9. The van der Waals surface area contributed by atoms with Crippen molar-refractivity contribution in [2.75, 3.05) is 24.2 Å². The first-order chi connectivity index (χ1) is 14.1. The van der Waals surface area contributed by atoms with Crippen molar-refractivity contribution in [1.29, 1.82) is 0 Å². The molecule has 0 saturated heterocycles. The van der Waals surface area contributed by atoms with Gasteiger partial charge < -0.3 is 15.1 Å². The number of carbonyl (C=O) groups excluding carboxylic acids is 1. The highest BCUT2D eigenvalue weighted by molar-refractivity contribution is 7.99. The predicted octanol–water partition coefficient (Wildman–Crippen LogP) is 3.71. The SMILES string of the molecule is O=C(CSCc1coc(-c2ccccc2)n1)NCCNc1ccccc1[N+](=O)[O-]. The number of oxazole rings is 1. The molecule has 0 bridgehead atoms. The predicted molar refractivity (Wildman–Crippen MR) is 113 cm³/mol. The van der Waals surface area contributed by atoms with Crippen LogP contribution in [-0.2, 0) is 10.5 Å². The van der Waals surface area contributed by atoms with Crippen LogP contribution in [0.5, 0.6) is 0 Å². The largest absolute Gasteiger partial charge is 0.444 e. The molecule has 150 valence electrons. The van der Waals surface area contributed by atoms with Crippen LogP contribution in [0.2, 0.25) is 0 Å². The molecule has 1 aromatic heterocycles. The number of carbonyl (C=O) groups is 1. The van der Waals surface area contributed by atoms with Gasteiger partial charge in [-0.3, -0.25) is 14.9 Å². The van der Waals surface area contributed by atoms with E-state index in [1.807, 2.05) is 30.3 Å². The molecule has 0 fully saturated rings. The van der Waals surface area contributed by atoms with E-state index < -0.39 is 4.92 Å². The second-order valence-corrected chi connectivity index (χ2v) is 7.04. The molecule has 0 unspecified atom stereocenters. The van der Waals surface area contributed by atoms with Gasteiger partial charge in [-0.25, -0.2) is 4.98 Å². The minimum Gasteiger partial charge on any atom is -0.444 e. The van der Waals surface area contributed by atoms with Gasteiger partial charge >= 0.3 is 0 Å². The highest BCUT2D eigenvalue weighted by Crippen LogP contribution is 2.22. The number of para-hydroxylation sites is 2. The zero-order valence-corrected chi connectivity index (χ0v) is 16.4. The number of thioether (sulfide) groups is 1. The van der Waals surface area contributed by atoms with E-state index in [1.54, 1.807) is 24.5 Å². The number of nitro groups is 1. The summed E-state index contributed by atoms with van der Waals surface area (Å²) >= 11 is 1.44. The van der Waals surface area contributed by atoms with Gasteiger partial charge in [-0.2, -0.15) is 0 Å². The van der Waals surface area contributed by atoms with Crippen LogP contribution in [0.1, 0.15) is 5.69 Å². The molecule has 0 aliphatic heterocycles. The Labute approximate surface area is 171 Å². The van der Waals surface area contributed by atoms with Crippen LogP contribution in [-0.4, -0.2) is 34.7 Å². The Morgan fingerprint density at radius 2 is 1.86 bits per heavy atom. The van der Waals surface area contributed by atoms with Crippen molar-refractivity contribution in [3.8, 4) is 11.5 Å². The maximum Gasteiger partial charge on any atom is 0.292 e. The lowest BCUT2D eigenvalue weighted by atomic mass is 10.2. The number of anilines is 1. The number of benzene rings is 2. The fraction of sp³-hybridized carbons (Fsp3) is 0.200. The first kappa shape index (κ1) is 20.4. The Morgan fingerprint density at radius 3 is 2.66 bits per heavy atom. The first-order valence-corrected chi connectivity index (χ1v) is 10.1. The van der Waals surface area contributed by atoms with Crippen LogP contribution >= 0.6 is 11.8 Å². The summed E-state index contributed by atoms with van der Waals surface area (Å²) in [6.45, 7) is 0.762. The number of nitrogens with one attached hydrogen (secondary N) is 2. The number of hydrogen-bond acceptors (Lipinski definition) is 7. The molecule has 8 nitrogen and oxygen atoms in total. The molecule has 0 atom stereocenters. The number of aromatic nitrogens is 1. The smallest absolute Gasteiger partial charge is 0.292 e. The standard InChI is InChI=1S/C20H20N4O4S/c25-19(22-11-10-21-17-8-4-5-9-18(17)24(26)27)14-29-13-16-12-28-20(23-16)15-6-2-1-3-7-15/h1-9,12,21H,10-11,13-14H2,(H,22,25). The highest BCUT2D eigenvalue weighted by Gasteiger charge is 2.11. The van der Waals surface area contributed by atoms with Gasteiger partial charge in [-0.15, -0.1) is 11.8 Å². The fourth-order valence-corrected chi connectivity index (χ4v) is 3.30. The minimum absolute atomic E-state index is 0.0110. The van der Waals surface area contributed by atoms with Crippen LogP contribution < -0.4 is 10.6 Å². The monoisotopic (exact) mass is 412 g/mol. The fourth-order valence-electron chi connectivity index (χ4n) is 2.57. The topological polar surface area (TPSA) is 110 Å². The van der Waals surface area contributed by atoms with E-state index in [2.05, 4.69) is 15.6 Å². The normalized spacial score (nSPS) is 10.5. The molecule has 3 rings (SSSR count). The molecular weight excluding hydrogens is 392 g/mol. The summed E-state index contributed by atoms with van der Waals surface area (Å²) < 4.78 is 5.47. The average molecular weight is 412 g/mol. The van der Waals surface area contributed by atoms with Crippen molar-refractivity contribution in [3.63, 3.8) is 0 Å². The van der Waals surface area contributed by atoms with Gasteiger partial charge in [0.2, 0.25) is 11.8 Å². The first-order valence-electron chi connectivity index (χ1n) is 8.95. The van der Waals surface area contributed by atoms with Crippen molar-refractivity contribution in [2.24, 2.45) is 0 Å². The third kappa shape index (κ3) is 6.08.